The molecule has 1 aromatic carbocycles. The Morgan fingerprint density at radius 1 is 1.40 bits per heavy atom. The van der Waals surface area contributed by atoms with Crippen molar-refractivity contribution in [1.82, 2.24) is 9.55 Å². The minimum absolute atomic E-state index is 0.428. The van der Waals surface area contributed by atoms with E-state index in [9.17, 15) is 0 Å². The molecule has 1 aromatic heterocycles. The van der Waals surface area contributed by atoms with Crippen molar-refractivity contribution < 1.29 is 4.74 Å². The Kier molecular flexibility index (Phi) is 3.41. The Labute approximate surface area is 124 Å². The van der Waals surface area contributed by atoms with Crippen molar-refractivity contribution in [2.24, 2.45) is 11.3 Å². The maximum atomic E-state index is 6.10. The Morgan fingerprint density at radius 2 is 2.15 bits per heavy atom. The average molecular weight is 293 g/mol. The standard InChI is InChI=1S/C16H21ClN2O/c1-11(2)16(7-8-16)10-19-12-5-4-6-13(20-3)15(12)18-14(19)9-17/h4-6,11H,7-10H2,1-3H3. The summed E-state index contributed by atoms with van der Waals surface area (Å²) in [6, 6.07) is 6.08. The molecule has 0 bridgehead atoms. The lowest BCUT2D eigenvalue weighted by molar-refractivity contribution is 0.309. The van der Waals surface area contributed by atoms with Crippen LogP contribution in [0.25, 0.3) is 11.0 Å². The summed E-state index contributed by atoms with van der Waals surface area (Å²) in [5.41, 5.74) is 2.48. The first-order chi connectivity index (χ1) is 9.61. The predicted molar refractivity (Wildman–Crippen MR) is 82.3 cm³/mol. The molecule has 108 valence electrons. The van der Waals surface area contributed by atoms with E-state index < -0.39 is 0 Å². The smallest absolute Gasteiger partial charge is 0.146 e. The number of methoxy groups -OCH3 is 1. The molecule has 0 unspecified atom stereocenters. The van der Waals surface area contributed by atoms with E-state index >= 15 is 0 Å². The highest BCUT2D eigenvalue weighted by molar-refractivity contribution is 6.16. The molecule has 0 radical (unpaired) electrons. The summed E-state index contributed by atoms with van der Waals surface area (Å²) in [5.74, 6) is 2.89. The summed E-state index contributed by atoms with van der Waals surface area (Å²) >= 11 is 6.10. The highest BCUT2D eigenvalue weighted by Crippen LogP contribution is 2.53. The summed E-state index contributed by atoms with van der Waals surface area (Å²) in [7, 11) is 1.69. The normalized spacial score (nSPS) is 16.9. The van der Waals surface area contributed by atoms with Crippen LogP contribution in [0.5, 0.6) is 5.75 Å². The fraction of sp³-hybridized carbons (Fsp3) is 0.562. The summed E-state index contributed by atoms with van der Waals surface area (Å²) in [6.45, 7) is 5.64. The van der Waals surface area contributed by atoms with Gasteiger partial charge in [-0.3, -0.25) is 0 Å². The third-order valence-electron chi connectivity index (χ3n) is 4.75. The van der Waals surface area contributed by atoms with Crippen LogP contribution in [-0.4, -0.2) is 16.7 Å². The van der Waals surface area contributed by atoms with E-state index in [2.05, 4.69) is 29.5 Å². The van der Waals surface area contributed by atoms with Crippen LogP contribution in [-0.2, 0) is 12.4 Å². The van der Waals surface area contributed by atoms with Crippen LogP contribution in [0.3, 0.4) is 0 Å². The maximum Gasteiger partial charge on any atom is 0.146 e. The van der Waals surface area contributed by atoms with E-state index in [0.29, 0.717) is 17.2 Å². The minimum Gasteiger partial charge on any atom is -0.494 e. The summed E-state index contributed by atoms with van der Waals surface area (Å²) < 4.78 is 7.70. The van der Waals surface area contributed by atoms with Gasteiger partial charge >= 0.3 is 0 Å². The fourth-order valence-corrected chi connectivity index (χ4v) is 3.21. The highest BCUT2D eigenvalue weighted by Gasteiger charge is 2.46. The second-order valence-corrected chi connectivity index (χ2v) is 6.36. The number of hydrogen-bond acceptors (Lipinski definition) is 2. The van der Waals surface area contributed by atoms with Crippen LogP contribution in [0.15, 0.2) is 18.2 Å². The lowest BCUT2D eigenvalue weighted by Crippen LogP contribution is -2.19. The number of benzene rings is 1. The summed E-state index contributed by atoms with van der Waals surface area (Å²) in [6.07, 6.45) is 2.60. The Bertz CT molecular complexity index is 629. The number of nitrogens with zero attached hydrogens (tertiary/aromatic N) is 2. The lowest BCUT2D eigenvalue weighted by Gasteiger charge is -2.21. The van der Waals surface area contributed by atoms with Crippen LogP contribution in [0.4, 0.5) is 0 Å². The zero-order chi connectivity index (χ0) is 14.3. The van der Waals surface area contributed by atoms with E-state index in [0.717, 1.165) is 29.2 Å². The van der Waals surface area contributed by atoms with E-state index in [1.165, 1.54) is 12.8 Å². The Hall–Kier alpha value is -1.22. The first-order valence-corrected chi connectivity index (χ1v) is 7.73. The minimum atomic E-state index is 0.428. The number of halogens is 1. The fourth-order valence-electron chi connectivity index (χ4n) is 3.01. The molecule has 1 aliphatic rings. The number of imidazole rings is 1. The highest BCUT2D eigenvalue weighted by atomic mass is 35.5. The number of para-hydroxylation sites is 1. The van der Waals surface area contributed by atoms with Crippen molar-refractivity contribution in [3.05, 3.63) is 24.0 Å². The molecule has 0 spiro atoms. The largest absolute Gasteiger partial charge is 0.494 e. The van der Waals surface area contributed by atoms with Gasteiger partial charge in [-0.05, 0) is 36.3 Å². The molecule has 1 heterocycles. The topological polar surface area (TPSA) is 27.1 Å². The molecule has 4 heteroatoms. The van der Waals surface area contributed by atoms with Crippen molar-refractivity contribution >= 4 is 22.6 Å². The van der Waals surface area contributed by atoms with Gasteiger partial charge in [0.15, 0.2) is 0 Å². The molecule has 0 atom stereocenters. The Balaban J connectivity index is 2.09. The van der Waals surface area contributed by atoms with Crippen molar-refractivity contribution in [2.45, 2.75) is 39.1 Å². The van der Waals surface area contributed by atoms with E-state index in [4.69, 9.17) is 16.3 Å². The average Bonchev–Trinajstić information content (AvgIpc) is 3.15. The maximum absolute atomic E-state index is 6.10. The first kappa shape index (κ1) is 13.7. The van der Waals surface area contributed by atoms with Crippen molar-refractivity contribution in [3.63, 3.8) is 0 Å². The number of hydrogen-bond donors (Lipinski definition) is 0. The summed E-state index contributed by atoms with van der Waals surface area (Å²) in [5, 5.41) is 0. The lowest BCUT2D eigenvalue weighted by atomic mass is 9.92. The second kappa shape index (κ2) is 4.96. The predicted octanol–water partition coefficient (Wildman–Crippen LogP) is 4.22. The van der Waals surface area contributed by atoms with Crippen molar-refractivity contribution in [1.29, 1.82) is 0 Å². The van der Waals surface area contributed by atoms with Crippen LogP contribution in [0.2, 0.25) is 0 Å². The zero-order valence-corrected chi connectivity index (χ0v) is 13.1. The molecule has 0 aliphatic heterocycles. The molecular formula is C16H21ClN2O. The van der Waals surface area contributed by atoms with Gasteiger partial charge in [-0.25, -0.2) is 4.98 Å². The van der Waals surface area contributed by atoms with Crippen molar-refractivity contribution in [3.8, 4) is 5.75 Å². The van der Waals surface area contributed by atoms with Crippen molar-refractivity contribution in [2.75, 3.05) is 7.11 Å². The molecule has 3 rings (SSSR count). The zero-order valence-electron chi connectivity index (χ0n) is 12.3. The molecule has 0 N–H and O–H groups in total. The first-order valence-electron chi connectivity index (χ1n) is 7.19. The van der Waals surface area contributed by atoms with Gasteiger partial charge < -0.3 is 9.30 Å². The summed E-state index contributed by atoms with van der Waals surface area (Å²) in [4.78, 5) is 4.68. The molecule has 0 amide bonds. The Morgan fingerprint density at radius 3 is 2.70 bits per heavy atom. The van der Waals surface area contributed by atoms with E-state index in [-0.39, 0.29) is 0 Å². The molecule has 1 aliphatic carbocycles. The SMILES string of the molecule is COc1cccc2c1nc(CCl)n2CC1(C(C)C)CC1. The molecule has 2 aromatic rings. The van der Waals surface area contributed by atoms with Gasteiger partial charge in [-0.1, -0.05) is 19.9 Å². The van der Waals surface area contributed by atoms with Gasteiger partial charge in [-0.15, -0.1) is 11.6 Å². The number of rotatable bonds is 5. The van der Waals surface area contributed by atoms with Gasteiger partial charge in [0.25, 0.3) is 0 Å². The van der Waals surface area contributed by atoms with E-state index in [1.54, 1.807) is 7.11 Å². The third kappa shape index (κ3) is 2.08. The molecule has 3 nitrogen and oxygen atoms in total. The number of fused-ring (bicyclic) bond motifs is 1. The monoisotopic (exact) mass is 292 g/mol. The molecule has 1 fully saturated rings. The molecule has 1 saturated carbocycles. The number of alkyl halides is 1. The number of aromatic nitrogens is 2. The molecule has 20 heavy (non-hydrogen) atoms. The third-order valence-corrected chi connectivity index (χ3v) is 4.99. The quantitative estimate of drug-likeness (QED) is 0.772. The van der Waals surface area contributed by atoms with Gasteiger partial charge in [0, 0.05) is 6.54 Å². The number of ether oxygens (including phenoxy) is 1. The molecular weight excluding hydrogens is 272 g/mol. The van der Waals surface area contributed by atoms with Gasteiger partial charge in [-0.2, -0.15) is 0 Å². The molecule has 0 saturated heterocycles. The van der Waals surface area contributed by atoms with Gasteiger partial charge in [0.2, 0.25) is 0 Å². The van der Waals surface area contributed by atoms with Crippen LogP contribution in [0.1, 0.15) is 32.5 Å². The van der Waals surface area contributed by atoms with Gasteiger partial charge in [0.1, 0.15) is 17.1 Å². The van der Waals surface area contributed by atoms with Gasteiger partial charge in [0.05, 0.1) is 18.5 Å². The van der Waals surface area contributed by atoms with Crippen LogP contribution < -0.4 is 4.74 Å². The van der Waals surface area contributed by atoms with Crippen LogP contribution in [0, 0.1) is 11.3 Å². The van der Waals surface area contributed by atoms with E-state index in [1.807, 2.05) is 12.1 Å². The second-order valence-electron chi connectivity index (χ2n) is 6.09. The van der Waals surface area contributed by atoms with Crippen LogP contribution >= 0.6 is 11.6 Å².